The minimum Gasteiger partial charge on any atom is -0.496 e. The molecule has 1 aliphatic carbocycles. The third-order valence-electron chi connectivity index (χ3n) is 5.27. The standard InChI is InChI=1S/C22H23N3O2/c1-25-20(13-15-7-4-3-5-8-15)18(14-23-25)22(26)24-19-12-11-17-16(19)9-6-10-21(17)27-2/h3-10,14,19H,11-13H2,1-2H3,(H,24,26). The van der Waals surface area contributed by atoms with Crippen LogP contribution in [0.2, 0.25) is 0 Å². The highest BCUT2D eigenvalue weighted by Gasteiger charge is 2.28. The summed E-state index contributed by atoms with van der Waals surface area (Å²) in [5.74, 6) is 0.824. The summed E-state index contributed by atoms with van der Waals surface area (Å²) in [5, 5.41) is 7.51. The van der Waals surface area contributed by atoms with Crippen LogP contribution in [0.5, 0.6) is 5.75 Å². The lowest BCUT2D eigenvalue weighted by Crippen LogP contribution is -2.28. The van der Waals surface area contributed by atoms with E-state index in [9.17, 15) is 4.79 Å². The number of carbonyl (C=O) groups is 1. The van der Waals surface area contributed by atoms with E-state index in [1.54, 1.807) is 18.0 Å². The number of hydrogen-bond acceptors (Lipinski definition) is 3. The van der Waals surface area contributed by atoms with Crippen molar-refractivity contribution in [2.75, 3.05) is 7.11 Å². The third-order valence-corrected chi connectivity index (χ3v) is 5.27. The molecule has 0 aliphatic heterocycles. The number of carbonyl (C=O) groups excluding carboxylic acids is 1. The number of aryl methyl sites for hydroxylation is 1. The number of aromatic nitrogens is 2. The second-order valence-corrected chi connectivity index (χ2v) is 6.88. The molecule has 0 saturated heterocycles. The lowest BCUT2D eigenvalue weighted by molar-refractivity contribution is 0.0935. The average Bonchev–Trinajstić information content (AvgIpc) is 3.26. The molecule has 138 valence electrons. The van der Waals surface area contributed by atoms with Crippen molar-refractivity contribution < 1.29 is 9.53 Å². The maximum atomic E-state index is 13.0. The van der Waals surface area contributed by atoms with Crippen molar-refractivity contribution in [3.05, 3.63) is 82.7 Å². The first-order chi connectivity index (χ1) is 13.2. The lowest BCUT2D eigenvalue weighted by Gasteiger charge is -2.15. The molecule has 1 amide bonds. The zero-order valence-electron chi connectivity index (χ0n) is 15.6. The van der Waals surface area contributed by atoms with Crippen molar-refractivity contribution >= 4 is 5.91 Å². The van der Waals surface area contributed by atoms with Crippen LogP contribution in [0.3, 0.4) is 0 Å². The molecular weight excluding hydrogens is 338 g/mol. The Kier molecular flexibility index (Phi) is 4.67. The van der Waals surface area contributed by atoms with E-state index in [-0.39, 0.29) is 11.9 Å². The fourth-order valence-corrected chi connectivity index (χ4v) is 3.85. The van der Waals surface area contributed by atoms with Gasteiger partial charge in [-0.1, -0.05) is 42.5 Å². The van der Waals surface area contributed by atoms with Crippen molar-refractivity contribution in [1.82, 2.24) is 15.1 Å². The minimum atomic E-state index is -0.0744. The maximum absolute atomic E-state index is 13.0. The average molecular weight is 361 g/mol. The van der Waals surface area contributed by atoms with E-state index >= 15 is 0 Å². The molecule has 1 aliphatic rings. The van der Waals surface area contributed by atoms with E-state index in [2.05, 4.69) is 28.6 Å². The van der Waals surface area contributed by atoms with Gasteiger partial charge < -0.3 is 10.1 Å². The second kappa shape index (κ2) is 7.27. The molecule has 27 heavy (non-hydrogen) atoms. The summed E-state index contributed by atoms with van der Waals surface area (Å²) in [4.78, 5) is 13.0. The van der Waals surface area contributed by atoms with Crippen LogP contribution in [0.15, 0.2) is 54.7 Å². The molecule has 1 aromatic heterocycles. The van der Waals surface area contributed by atoms with Crippen LogP contribution in [-0.2, 0) is 19.9 Å². The molecule has 0 saturated carbocycles. The van der Waals surface area contributed by atoms with Gasteiger partial charge in [0, 0.05) is 13.5 Å². The van der Waals surface area contributed by atoms with E-state index < -0.39 is 0 Å². The zero-order chi connectivity index (χ0) is 18.8. The second-order valence-electron chi connectivity index (χ2n) is 6.88. The minimum absolute atomic E-state index is 0.00683. The fraction of sp³-hybridized carbons (Fsp3) is 0.273. The summed E-state index contributed by atoms with van der Waals surface area (Å²) in [6.45, 7) is 0. The number of fused-ring (bicyclic) bond motifs is 1. The number of nitrogens with zero attached hydrogens (tertiary/aromatic N) is 2. The zero-order valence-corrected chi connectivity index (χ0v) is 15.6. The molecule has 5 heteroatoms. The largest absolute Gasteiger partial charge is 0.496 e. The van der Waals surface area contributed by atoms with E-state index in [4.69, 9.17) is 4.74 Å². The summed E-state index contributed by atoms with van der Waals surface area (Å²) < 4.78 is 7.24. The van der Waals surface area contributed by atoms with Gasteiger partial charge in [-0.05, 0) is 35.6 Å². The van der Waals surface area contributed by atoms with Gasteiger partial charge in [0.2, 0.25) is 0 Å². The first-order valence-electron chi connectivity index (χ1n) is 9.19. The highest BCUT2D eigenvalue weighted by atomic mass is 16.5. The number of rotatable bonds is 5. The van der Waals surface area contributed by atoms with Gasteiger partial charge >= 0.3 is 0 Å². The van der Waals surface area contributed by atoms with E-state index in [0.717, 1.165) is 35.4 Å². The molecule has 1 heterocycles. The van der Waals surface area contributed by atoms with Crippen molar-refractivity contribution in [3.63, 3.8) is 0 Å². The summed E-state index contributed by atoms with van der Waals surface area (Å²) >= 11 is 0. The SMILES string of the molecule is COc1cccc2c1CCC2NC(=O)c1cnn(C)c1Cc1ccccc1. The third kappa shape index (κ3) is 3.33. The Labute approximate surface area is 159 Å². The molecule has 0 bridgehead atoms. The smallest absolute Gasteiger partial charge is 0.255 e. The molecular formula is C22H23N3O2. The quantitative estimate of drug-likeness (QED) is 0.757. The van der Waals surface area contributed by atoms with Gasteiger partial charge in [0.05, 0.1) is 30.6 Å². The normalized spacial score (nSPS) is 15.4. The van der Waals surface area contributed by atoms with Crippen molar-refractivity contribution in [2.24, 2.45) is 7.05 Å². The number of ether oxygens (including phenoxy) is 1. The van der Waals surface area contributed by atoms with Gasteiger partial charge in [-0.15, -0.1) is 0 Å². The lowest BCUT2D eigenvalue weighted by atomic mass is 10.0. The van der Waals surface area contributed by atoms with Crippen LogP contribution in [0.4, 0.5) is 0 Å². The summed E-state index contributed by atoms with van der Waals surface area (Å²) in [7, 11) is 3.57. The molecule has 0 spiro atoms. The van der Waals surface area contributed by atoms with Crippen LogP contribution in [0.1, 0.15) is 45.2 Å². The van der Waals surface area contributed by atoms with Gasteiger partial charge in [-0.3, -0.25) is 9.48 Å². The van der Waals surface area contributed by atoms with Gasteiger partial charge in [0.1, 0.15) is 5.75 Å². The maximum Gasteiger partial charge on any atom is 0.255 e. The molecule has 4 rings (SSSR count). The predicted molar refractivity (Wildman–Crippen MR) is 104 cm³/mol. The Bertz CT molecular complexity index is 963. The Morgan fingerprint density at radius 1 is 1.22 bits per heavy atom. The Balaban J connectivity index is 1.56. The molecule has 0 radical (unpaired) electrons. The van der Waals surface area contributed by atoms with E-state index in [1.165, 1.54) is 5.56 Å². The molecule has 3 aromatic rings. The van der Waals surface area contributed by atoms with Gasteiger partial charge in [-0.25, -0.2) is 0 Å². The molecule has 0 fully saturated rings. The number of benzene rings is 2. The summed E-state index contributed by atoms with van der Waals surface area (Å²) in [6, 6.07) is 16.2. The van der Waals surface area contributed by atoms with Crippen LogP contribution in [-0.4, -0.2) is 22.8 Å². The first kappa shape index (κ1) is 17.3. The monoisotopic (exact) mass is 361 g/mol. The number of nitrogens with one attached hydrogen (secondary N) is 1. The highest BCUT2D eigenvalue weighted by molar-refractivity contribution is 5.95. The van der Waals surface area contributed by atoms with Crippen LogP contribution in [0.25, 0.3) is 0 Å². The predicted octanol–water partition coefficient (Wildman–Crippen LogP) is 3.44. The number of amides is 1. The van der Waals surface area contributed by atoms with Crippen LogP contribution < -0.4 is 10.1 Å². The van der Waals surface area contributed by atoms with Crippen molar-refractivity contribution in [3.8, 4) is 5.75 Å². The highest BCUT2D eigenvalue weighted by Crippen LogP contribution is 2.37. The molecule has 1 N–H and O–H groups in total. The molecule has 1 unspecified atom stereocenters. The Hall–Kier alpha value is -3.08. The van der Waals surface area contributed by atoms with Gasteiger partial charge in [0.15, 0.2) is 0 Å². The van der Waals surface area contributed by atoms with Gasteiger partial charge in [-0.2, -0.15) is 5.10 Å². The molecule has 5 nitrogen and oxygen atoms in total. The number of hydrogen-bond donors (Lipinski definition) is 1. The molecule has 1 atom stereocenters. The fourth-order valence-electron chi connectivity index (χ4n) is 3.85. The van der Waals surface area contributed by atoms with Gasteiger partial charge in [0.25, 0.3) is 5.91 Å². The van der Waals surface area contributed by atoms with Crippen LogP contribution in [0, 0.1) is 0 Å². The summed E-state index contributed by atoms with van der Waals surface area (Å²) in [6.07, 6.45) is 4.13. The van der Waals surface area contributed by atoms with E-state index in [0.29, 0.717) is 12.0 Å². The Morgan fingerprint density at radius 2 is 2.04 bits per heavy atom. The Morgan fingerprint density at radius 3 is 2.81 bits per heavy atom. The topological polar surface area (TPSA) is 56.1 Å². The van der Waals surface area contributed by atoms with Crippen molar-refractivity contribution in [2.45, 2.75) is 25.3 Å². The van der Waals surface area contributed by atoms with Crippen LogP contribution >= 0.6 is 0 Å². The first-order valence-corrected chi connectivity index (χ1v) is 9.19. The number of methoxy groups -OCH3 is 1. The summed E-state index contributed by atoms with van der Waals surface area (Å²) in [5.41, 5.74) is 5.06. The van der Waals surface area contributed by atoms with Crippen molar-refractivity contribution in [1.29, 1.82) is 0 Å². The van der Waals surface area contributed by atoms with E-state index in [1.807, 2.05) is 37.4 Å². The molecule has 2 aromatic carbocycles.